The molecule has 21 nitrogen and oxygen atoms in total. The summed E-state index contributed by atoms with van der Waals surface area (Å²) in [6, 6.07) is 4.33. The molecule has 2 aliphatic heterocycles. The third-order valence-electron chi connectivity index (χ3n) is 12.7. The van der Waals surface area contributed by atoms with Crippen LogP contribution in [0.1, 0.15) is 149 Å². The van der Waals surface area contributed by atoms with Gasteiger partial charge in [0.2, 0.25) is 11.8 Å². The molecule has 76 heavy (non-hydrogen) atoms. The van der Waals surface area contributed by atoms with Crippen molar-refractivity contribution in [2.45, 2.75) is 192 Å². The predicted molar refractivity (Wildman–Crippen MR) is 296 cm³/mol. The van der Waals surface area contributed by atoms with Crippen molar-refractivity contribution in [1.29, 1.82) is 0 Å². The van der Waals surface area contributed by atoms with Gasteiger partial charge in [-0.05, 0) is 78.1 Å². The first-order valence-electron chi connectivity index (χ1n) is 27.8. The van der Waals surface area contributed by atoms with Gasteiger partial charge in [0.25, 0.3) is 5.69 Å². The molecule has 0 bridgehead atoms. The summed E-state index contributed by atoms with van der Waals surface area (Å²) >= 11 is 1.88. The lowest BCUT2D eigenvalue weighted by atomic mass is 10.0. The van der Waals surface area contributed by atoms with E-state index in [1.807, 2.05) is 29.6 Å². The van der Waals surface area contributed by atoms with E-state index in [-0.39, 0.29) is 72.1 Å². The summed E-state index contributed by atoms with van der Waals surface area (Å²) in [4.78, 5) is 58.8. The Morgan fingerprint density at radius 3 is 2.03 bits per heavy atom. The van der Waals surface area contributed by atoms with E-state index in [0.29, 0.717) is 83.3 Å². The summed E-state index contributed by atoms with van der Waals surface area (Å²) < 4.78 is 40.8. The highest BCUT2D eigenvalue weighted by atomic mass is 32.2. The summed E-state index contributed by atoms with van der Waals surface area (Å²) in [5, 5.41) is 31.5. The molecule has 4 rings (SSSR count). The van der Waals surface area contributed by atoms with E-state index in [1.54, 1.807) is 13.1 Å². The van der Waals surface area contributed by atoms with Crippen molar-refractivity contribution >= 4 is 49.6 Å². The Kier molecular flexibility index (Phi) is 33.6. The zero-order valence-electron chi connectivity index (χ0n) is 46.7. The number of thioether (sulfide) groups is 1. The molecule has 2 aromatic rings. The first kappa shape index (κ1) is 65.7. The van der Waals surface area contributed by atoms with Crippen LogP contribution < -0.4 is 30.7 Å². The summed E-state index contributed by atoms with van der Waals surface area (Å²) in [7, 11) is 0.0123. The van der Waals surface area contributed by atoms with Crippen LogP contribution in [0.3, 0.4) is 0 Å². The number of nitrogens with one attached hydrogen (secondary N) is 4. The van der Waals surface area contributed by atoms with E-state index in [0.717, 1.165) is 31.6 Å². The van der Waals surface area contributed by atoms with E-state index in [2.05, 4.69) is 58.5 Å². The lowest BCUT2D eigenvalue weighted by Gasteiger charge is -2.25. The number of amides is 4. The molecule has 1 aromatic heterocycles. The Morgan fingerprint density at radius 2 is 1.43 bits per heavy atom. The van der Waals surface area contributed by atoms with Crippen LogP contribution >= 0.6 is 11.8 Å². The van der Waals surface area contributed by atoms with Crippen LogP contribution in [-0.4, -0.2) is 148 Å². The lowest BCUT2D eigenvalue weighted by molar-refractivity contribution is -0.386. The molecule has 0 saturated carbocycles. The lowest BCUT2D eigenvalue weighted by Crippen LogP contribution is -2.36. The Bertz CT molecular complexity index is 1950. The fourth-order valence-corrected chi connectivity index (χ4v) is 12.9. The van der Waals surface area contributed by atoms with Gasteiger partial charge in [0.05, 0.1) is 88.2 Å². The number of esters is 1. The number of nitro benzene ring substituents is 1. The number of unbranched alkanes of at least 4 members (excludes halogenated alkanes) is 9. The van der Waals surface area contributed by atoms with E-state index in [9.17, 15) is 29.3 Å². The van der Waals surface area contributed by atoms with Gasteiger partial charge in [0, 0.05) is 62.2 Å². The summed E-state index contributed by atoms with van der Waals surface area (Å²) in [6.45, 7) is 16.5. The zero-order chi connectivity index (χ0) is 55.4. The molecule has 3 heterocycles. The molecule has 0 radical (unpaired) electrons. The van der Waals surface area contributed by atoms with Crippen molar-refractivity contribution in [3.63, 3.8) is 0 Å². The van der Waals surface area contributed by atoms with Crippen molar-refractivity contribution < 1.29 is 56.9 Å². The van der Waals surface area contributed by atoms with E-state index >= 15 is 0 Å². The summed E-state index contributed by atoms with van der Waals surface area (Å²) in [5.74, 6) is 0.714. The van der Waals surface area contributed by atoms with Crippen LogP contribution in [0, 0.1) is 10.1 Å². The molecule has 4 atom stereocenters. The van der Waals surface area contributed by atoms with Crippen LogP contribution in [0.15, 0.2) is 24.5 Å². The third-order valence-corrected chi connectivity index (χ3v) is 16.8. The number of methoxy groups -OCH3 is 1. The predicted octanol–water partition coefficient (Wildman–Crippen LogP) is 8.59. The van der Waals surface area contributed by atoms with Gasteiger partial charge < -0.3 is 54.1 Å². The average molecular weight is 1110 g/mol. The van der Waals surface area contributed by atoms with Gasteiger partial charge in [-0.3, -0.25) is 29.2 Å². The molecule has 2 aliphatic rings. The number of urea groups is 1. The van der Waals surface area contributed by atoms with Gasteiger partial charge in [-0.2, -0.15) is 11.8 Å². The zero-order valence-corrected chi connectivity index (χ0v) is 48.5. The Labute approximate surface area is 457 Å². The molecule has 2 fully saturated rings. The molecule has 1 aromatic carbocycles. The van der Waals surface area contributed by atoms with Gasteiger partial charge in [-0.1, -0.05) is 69.9 Å². The van der Waals surface area contributed by atoms with Gasteiger partial charge in [0.15, 0.2) is 19.8 Å². The SMILES string of the molecule is CC(C)O[Si](C)(C)CCCCCCCCCCCn1ccnn1.CCCC(=O)OC(C)c1cc(OC)c(OCCCC(=O)NCCOCCOCCOCCNC(=O)CCCC[C@@H]2SC[C@@H]3NC(=O)N[C@@H]32)cc1[N+](=O)[O-]. The number of nitro groups is 1. The molecular weight excluding hydrogens is 1020 g/mol. The normalized spacial score (nSPS) is 16.3. The Balaban J connectivity index is 0.000000551. The largest absolute Gasteiger partial charge is 0.493 e. The molecule has 0 aliphatic carbocycles. The smallest absolute Gasteiger partial charge is 0.315 e. The van der Waals surface area contributed by atoms with Gasteiger partial charge in [-0.25, -0.2) is 4.79 Å². The number of aryl methyl sites for hydroxylation is 1. The van der Waals surface area contributed by atoms with Crippen molar-refractivity contribution in [2.24, 2.45) is 0 Å². The first-order valence-corrected chi connectivity index (χ1v) is 31.9. The van der Waals surface area contributed by atoms with E-state index in [1.165, 1.54) is 83.1 Å². The highest BCUT2D eigenvalue weighted by Gasteiger charge is 2.42. The number of carbonyl (C=O) groups is 4. The van der Waals surface area contributed by atoms with Gasteiger partial charge in [0.1, 0.15) is 6.10 Å². The van der Waals surface area contributed by atoms with Crippen molar-refractivity contribution in [3.8, 4) is 11.5 Å². The molecule has 23 heteroatoms. The number of carbonyl (C=O) groups excluding carboxylic acids is 4. The maximum atomic E-state index is 12.2. The highest BCUT2D eigenvalue weighted by molar-refractivity contribution is 8.00. The fourth-order valence-electron chi connectivity index (χ4n) is 8.89. The minimum Gasteiger partial charge on any atom is -0.493 e. The van der Waals surface area contributed by atoms with E-state index < -0.39 is 25.3 Å². The molecule has 4 N–H and O–H groups in total. The Morgan fingerprint density at radius 1 is 0.816 bits per heavy atom. The summed E-state index contributed by atoms with van der Waals surface area (Å²) in [6.07, 6.45) is 20.0. The topological polar surface area (TPSA) is 255 Å². The van der Waals surface area contributed by atoms with Crippen LogP contribution in [0.4, 0.5) is 10.5 Å². The van der Waals surface area contributed by atoms with E-state index in [4.69, 9.17) is 32.8 Å². The first-order chi connectivity index (χ1) is 36.6. The fraction of sp³-hybridized carbons (Fsp3) is 0.774. The highest BCUT2D eigenvalue weighted by Crippen LogP contribution is 2.39. The summed E-state index contributed by atoms with van der Waals surface area (Å²) in [5.41, 5.74) is -0.0699. The van der Waals surface area contributed by atoms with Crippen molar-refractivity contribution in [2.75, 3.05) is 72.2 Å². The molecule has 1 unspecified atom stereocenters. The van der Waals surface area contributed by atoms with Crippen molar-refractivity contribution in [1.82, 2.24) is 36.3 Å². The Hall–Kier alpha value is -4.55. The number of hydrogen-bond donors (Lipinski definition) is 4. The third kappa shape index (κ3) is 28.7. The van der Waals surface area contributed by atoms with Crippen LogP contribution in [0.2, 0.25) is 19.1 Å². The van der Waals surface area contributed by atoms with Gasteiger partial charge >= 0.3 is 12.0 Å². The van der Waals surface area contributed by atoms with Crippen LogP contribution in [0.5, 0.6) is 11.5 Å². The number of nitrogens with zero attached hydrogens (tertiary/aromatic N) is 4. The monoisotopic (exact) mass is 1110 g/mol. The molecule has 432 valence electrons. The average Bonchev–Trinajstić information content (AvgIpc) is 4.13. The molecular formula is C53H92N8O13SSi. The molecule has 0 spiro atoms. The minimum atomic E-state index is -1.39. The number of hydrogen-bond acceptors (Lipinski definition) is 16. The second-order valence-corrected chi connectivity index (χ2v) is 25.6. The minimum absolute atomic E-state index is 0.00821. The number of ether oxygens (including phenoxy) is 6. The number of rotatable bonds is 42. The molecule has 2 saturated heterocycles. The van der Waals surface area contributed by atoms with Crippen LogP contribution in [0.25, 0.3) is 0 Å². The van der Waals surface area contributed by atoms with Gasteiger partial charge in [-0.15, -0.1) is 5.10 Å². The standard InChI is InChI=1S/C35H55N5O12S.C18H37N3OSi/c1-4-8-33(43)52-24(2)25-21-28(47-3)29(22-27(25)40(45)46)51-14-7-11-32(42)37-13-16-49-18-20-50-19-17-48-15-12-36-31(41)10-6-5-9-30-34-26(23-53-30)38-35(44)39-34;1-18(2)22-23(3,4)17-13-11-9-7-5-6-8-10-12-15-21-16-14-19-20-21/h21-22,24,26,30,34H,4-20,23H2,1-3H3,(H,36,41)(H,37,42)(H2,38,39,44);14,16,18H,5-13,15,17H2,1-4H3/t24?,26-,30-,34-;/m0./s1. The number of aromatic nitrogens is 3. The second kappa shape index (κ2) is 38.9. The molecule has 4 amide bonds. The van der Waals surface area contributed by atoms with Crippen LogP contribution in [-0.2, 0) is 44.3 Å². The quantitative estimate of drug-likeness (QED) is 0.0121. The maximum Gasteiger partial charge on any atom is 0.315 e. The van der Waals surface area contributed by atoms with Crippen molar-refractivity contribution in [3.05, 3.63) is 40.2 Å². The second-order valence-electron chi connectivity index (χ2n) is 20.1. The number of benzene rings is 1. The maximum absolute atomic E-state index is 12.2. The number of fused-ring (bicyclic) bond motifs is 1.